The number of aliphatic hydroxyl groups is 1. The fraction of sp³-hybridized carbons (Fsp3) is 0.889. The van der Waals surface area contributed by atoms with E-state index in [1.807, 2.05) is 0 Å². The number of methoxy groups -OCH3 is 1. The number of hydrogen-bond acceptors (Lipinski definition) is 4. The molecular formula is C9H15NO3. The summed E-state index contributed by atoms with van der Waals surface area (Å²) in [6.07, 6.45) is 1.43. The summed E-state index contributed by atoms with van der Waals surface area (Å²) in [6, 6.07) is 0. The lowest BCUT2D eigenvalue weighted by Gasteiger charge is -2.35. The lowest BCUT2D eigenvalue weighted by Crippen LogP contribution is -2.52. The predicted molar refractivity (Wildman–Crippen MR) is 46.1 cm³/mol. The van der Waals surface area contributed by atoms with Crippen LogP contribution >= 0.6 is 0 Å². The molecule has 0 radical (unpaired) electrons. The molecule has 0 aromatic rings. The SMILES string of the molecule is COC(=O)C1(O)CCN2CCC1C2. The van der Waals surface area contributed by atoms with Crippen LogP contribution in [0.4, 0.5) is 0 Å². The Balaban J connectivity index is 2.17. The number of carbonyl (C=O) groups excluding carboxylic acids is 1. The van der Waals surface area contributed by atoms with Gasteiger partial charge in [-0.1, -0.05) is 0 Å². The number of carbonyl (C=O) groups is 1. The number of hydrogen-bond donors (Lipinski definition) is 1. The van der Waals surface area contributed by atoms with E-state index in [1.165, 1.54) is 7.11 Å². The van der Waals surface area contributed by atoms with Crippen LogP contribution in [0.15, 0.2) is 0 Å². The summed E-state index contributed by atoms with van der Waals surface area (Å²) in [5, 5.41) is 10.1. The fourth-order valence-electron chi connectivity index (χ4n) is 2.40. The summed E-state index contributed by atoms with van der Waals surface area (Å²) in [4.78, 5) is 13.7. The van der Waals surface area contributed by atoms with Crippen molar-refractivity contribution >= 4 is 5.97 Å². The van der Waals surface area contributed by atoms with Gasteiger partial charge in [-0.25, -0.2) is 4.79 Å². The van der Waals surface area contributed by atoms with Crippen molar-refractivity contribution in [1.29, 1.82) is 0 Å². The van der Waals surface area contributed by atoms with Crippen LogP contribution in [0.3, 0.4) is 0 Å². The van der Waals surface area contributed by atoms with E-state index in [9.17, 15) is 9.90 Å². The van der Waals surface area contributed by atoms with E-state index < -0.39 is 11.6 Å². The van der Waals surface area contributed by atoms with Crippen molar-refractivity contribution < 1.29 is 14.6 Å². The summed E-state index contributed by atoms with van der Waals surface area (Å²) in [5.74, 6) is -0.382. The highest BCUT2D eigenvalue weighted by Gasteiger charge is 2.50. The summed E-state index contributed by atoms with van der Waals surface area (Å²) in [6.45, 7) is 2.65. The molecule has 2 heterocycles. The highest BCUT2D eigenvalue weighted by molar-refractivity contribution is 5.79. The van der Waals surface area contributed by atoms with Crippen LogP contribution in [0.5, 0.6) is 0 Å². The van der Waals surface area contributed by atoms with Gasteiger partial charge in [0.05, 0.1) is 7.11 Å². The molecule has 2 aliphatic heterocycles. The molecule has 2 fully saturated rings. The minimum atomic E-state index is -1.21. The number of rotatable bonds is 1. The molecule has 2 rings (SSSR count). The maximum Gasteiger partial charge on any atom is 0.338 e. The summed E-state index contributed by atoms with van der Waals surface area (Å²) in [7, 11) is 1.33. The minimum absolute atomic E-state index is 0.0775. The van der Waals surface area contributed by atoms with Crippen molar-refractivity contribution in [1.82, 2.24) is 4.90 Å². The molecule has 0 aromatic carbocycles. The Kier molecular flexibility index (Phi) is 2.04. The van der Waals surface area contributed by atoms with Gasteiger partial charge >= 0.3 is 5.97 Å². The monoisotopic (exact) mass is 185 g/mol. The molecule has 2 bridgehead atoms. The van der Waals surface area contributed by atoms with E-state index in [-0.39, 0.29) is 5.92 Å². The molecule has 0 aromatic heterocycles. The molecule has 0 spiro atoms. The zero-order chi connectivity index (χ0) is 9.47. The first kappa shape index (κ1) is 8.97. The molecule has 0 saturated carbocycles. The maximum atomic E-state index is 11.4. The third-order valence-corrected chi connectivity index (χ3v) is 3.30. The van der Waals surface area contributed by atoms with Crippen LogP contribution in [-0.2, 0) is 9.53 Å². The van der Waals surface area contributed by atoms with E-state index >= 15 is 0 Å². The van der Waals surface area contributed by atoms with Gasteiger partial charge in [0, 0.05) is 19.0 Å². The molecular weight excluding hydrogens is 170 g/mol. The average Bonchev–Trinajstić information content (AvgIpc) is 2.56. The zero-order valence-electron chi connectivity index (χ0n) is 7.82. The van der Waals surface area contributed by atoms with Crippen molar-refractivity contribution in [3.8, 4) is 0 Å². The molecule has 0 aliphatic carbocycles. The number of piperidine rings is 1. The predicted octanol–water partition coefficient (Wildman–Crippen LogP) is -0.384. The van der Waals surface area contributed by atoms with Crippen molar-refractivity contribution in [2.75, 3.05) is 26.7 Å². The van der Waals surface area contributed by atoms with Crippen LogP contribution in [0.2, 0.25) is 0 Å². The third kappa shape index (κ3) is 1.25. The van der Waals surface area contributed by atoms with E-state index in [4.69, 9.17) is 0 Å². The fourth-order valence-corrected chi connectivity index (χ4v) is 2.40. The van der Waals surface area contributed by atoms with Crippen molar-refractivity contribution in [2.45, 2.75) is 18.4 Å². The average molecular weight is 185 g/mol. The Morgan fingerprint density at radius 1 is 1.62 bits per heavy atom. The van der Waals surface area contributed by atoms with E-state index in [2.05, 4.69) is 9.64 Å². The van der Waals surface area contributed by atoms with Crippen LogP contribution in [0.1, 0.15) is 12.8 Å². The second kappa shape index (κ2) is 2.96. The largest absolute Gasteiger partial charge is 0.467 e. The molecule has 3 atom stereocenters. The van der Waals surface area contributed by atoms with Crippen LogP contribution < -0.4 is 0 Å². The molecule has 0 amide bonds. The van der Waals surface area contributed by atoms with Gasteiger partial charge in [-0.05, 0) is 19.4 Å². The smallest absolute Gasteiger partial charge is 0.338 e. The highest BCUT2D eigenvalue weighted by atomic mass is 16.5. The first-order chi connectivity index (χ1) is 6.16. The summed E-state index contributed by atoms with van der Waals surface area (Å²) < 4.78 is 4.64. The molecule has 4 nitrogen and oxygen atoms in total. The summed E-state index contributed by atoms with van der Waals surface area (Å²) >= 11 is 0. The van der Waals surface area contributed by atoms with Gasteiger partial charge in [-0.15, -0.1) is 0 Å². The summed E-state index contributed by atoms with van der Waals surface area (Å²) in [5.41, 5.74) is -1.21. The van der Waals surface area contributed by atoms with Crippen molar-refractivity contribution in [3.05, 3.63) is 0 Å². The lowest BCUT2D eigenvalue weighted by molar-refractivity contribution is -0.171. The molecule has 4 heteroatoms. The zero-order valence-corrected chi connectivity index (χ0v) is 7.82. The number of nitrogens with zero attached hydrogens (tertiary/aromatic N) is 1. The Bertz CT molecular complexity index is 231. The number of esters is 1. The Labute approximate surface area is 77.5 Å². The minimum Gasteiger partial charge on any atom is -0.467 e. The van der Waals surface area contributed by atoms with Crippen LogP contribution in [0, 0.1) is 5.92 Å². The quantitative estimate of drug-likeness (QED) is 0.566. The standard InChI is InChI=1S/C9H15NO3/c1-13-8(11)9(12)3-5-10-4-2-7(9)6-10/h7,12H,2-6H2,1H3. The molecule has 74 valence electrons. The Hall–Kier alpha value is -0.610. The second-order valence-corrected chi connectivity index (χ2v) is 3.95. The molecule has 2 aliphatic rings. The maximum absolute atomic E-state index is 11.4. The van der Waals surface area contributed by atoms with Gasteiger partial charge in [0.2, 0.25) is 0 Å². The first-order valence-corrected chi connectivity index (χ1v) is 4.70. The van der Waals surface area contributed by atoms with E-state index in [1.54, 1.807) is 0 Å². The molecule has 13 heavy (non-hydrogen) atoms. The highest BCUT2D eigenvalue weighted by Crippen LogP contribution is 2.36. The van der Waals surface area contributed by atoms with Gasteiger partial charge in [-0.3, -0.25) is 0 Å². The normalized spacial score (nSPS) is 43.2. The molecule has 3 unspecified atom stereocenters. The van der Waals surface area contributed by atoms with Crippen molar-refractivity contribution in [2.24, 2.45) is 5.92 Å². The van der Waals surface area contributed by atoms with Crippen LogP contribution in [-0.4, -0.2) is 48.3 Å². The van der Waals surface area contributed by atoms with E-state index in [0.29, 0.717) is 6.42 Å². The van der Waals surface area contributed by atoms with Gasteiger partial charge in [0.25, 0.3) is 0 Å². The van der Waals surface area contributed by atoms with Crippen LogP contribution in [0.25, 0.3) is 0 Å². The third-order valence-electron chi connectivity index (χ3n) is 3.30. The number of fused-ring (bicyclic) bond motifs is 2. The van der Waals surface area contributed by atoms with Gasteiger partial charge in [-0.2, -0.15) is 0 Å². The molecule has 2 saturated heterocycles. The second-order valence-electron chi connectivity index (χ2n) is 3.95. The lowest BCUT2D eigenvalue weighted by atomic mass is 9.82. The molecule has 1 N–H and O–H groups in total. The Morgan fingerprint density at radius 3 is 3.08 bits per heavy atom. The first-order valence-electron chi connectivity index (χ1n) is 4.70. The topological polar surface area (TPSA) is 49.8 Å². The van der Waals surface area contributed by atoms with Crippen molar-refractivity contribution in [3.63, 3.8) is 0 Å². The number of ether oxygens (including phenoxy) is 1. The van der Waals surface area contributed by atoms with Gasteiger partial charge in [0.1, 0.15) is 0 Å². The van der Waals surface area contributed by atoms with Gasteiger partial charge in [0.15, 0.2) is 5.60 Å². The van der Waals surface area contributed by atoms with E-state index in [0.717, 1.165) is 26.1 Å². The van der Waals surface area contributed by atoms with Gasteiger partial charge < -0.3 is 14.7 Å². The Morgan fingerprint density at radius 2 is 2.38 bits per heavy atom.